The van der Waals surface area contributed by atoms with Crippen molar-refractivity contribution in [2.75, 3.05) is 6.54 Å². The van der Waals surface area contributed by atoms with Crippen molar-refractivity contribution in [3.63, 3.8) is 0 Å². The van der Waals surface area contributed by atoms with E-state index in [0.717, 1.165) is 11.3 Å². The monoisotopic (exact) mass is 395 g/mol. The van der Waals surface area contributed by atoms with Crippen LogP contribution in [0.25, 0.3) is 0 Å². The van der Waals surface area contributed by atoms with Crippen molar-refractivity contribution in [1.82, 2.24) is 5.32 Å². The summed E-state index contributed by atoms with van der Waals surface area (Å²) in [6.45, 7) is -0.0819. The number of hydrogen-bond donors (Lipinski definition) is 1. The van der Waals surface area contributed by atoms with Gasteiger partial charge < -0.3 is 9.73 Å². The molecule has 130 valence electrons. The molecule has 1 atom stereocenters. The third kappa shape index (κ3) is 3.95. The molecule has 0 unspecified atom stereocenters. The SMILES string of the molecule is O=C(NC[C@@H](c1ccc(Cl)cc1)S(=O)(=O)c1cccs1)c1ccco1. The van der Waals surface area contributed by atoms with Crippen LogP contribution in [0.4, 0.5) is 0 Å². The second-order valence-electron chi connectivity index (χ2n) is 5.20. The Morgan fingerprint density at radius 3 is 2.52 bits per heavy atom. The van der Waals surface area contributed by atoms with Crippen molar-refractivity contribution < 1.29 is 17.6 Å². The van der Waals surface area contributed by atoms with Gasteiger partial charge in [-0.05, 0) is 41.3 Å². The van der Waals surface area contributed by atoms with E-state index in [-0.39, 0.29) is 16.5 Å². The molecule has 0 saturated heterocycles. The lowest BCUT2D eigenvalue weighted by atomic mass is 10.1. The highest BCUT2D eigenvalue weighted by Gasteiger charge is 2.30. The van der Waals surface area contributed by atoms with E-state index in [9.17, 15) is 13.2 Å². The first kappa shape index (κ1) is 17.7. The fourth-order valence-electron chi connectivity index (χ4n) is 2.33. The standard InChI is InChI=1S/C17H14ClNO4S2/c18-13-7-5-12(6-8-13)15(25(21,22)16-4-2-10-24-16)11-19-17(20)14-3-1-9-23-14/h1-10,15H,11H2,(H,19,20)/t15-/m0/s1. The summed E-state index contributed by atoms with van der Waals surface area (Å²) in [6.07, 6.45) is 1.38. The first-order chi connectivity index (χ1) is 12.0. The maximum absolute atomic E-state index is 13.0. The number of furan rings is 1. The quantitative estimate of drug-likeness (QED) is 0.685. The number of carbonyl (C=O) groups excluding carboxylic acids is 1. The highest BCUT2D eigenvalue weighted by atomic mass is 35.5. The topological polar surface area (TPSA) is 76.4 Å². The number of rotatable bonds is 6. The van der Waals surface area contributed by atoms with Crippen molar-refractivity contribution in [2.24, 2.45) is 0 Å². The van der Waals surface area contributed by atoms with Crippen LogP contribution in [-0.4, -0.2) is 20.9 Å². The third-order valence-electron chi connectivity index (χ3n) is 3.58. The average Bonchev–Trinajstić information content (AvgIpc) is 3.30. The summed E-state index contributed by atoms with van der Waals surface area (Å²) in [4.78, 5) is 12.1. The number of nitrogens with one attached hydrogen (secondary N) is 1. The Hall–Kier alpha value is -2.09. The molecule has 0 fully saturated rings. The number of halogens is 1. The van der Waals surface area contributed by atoms with E-state index in [1.807, 2.05) is 0 Å². The molecule has 5 nitrogen and oxygen atoms in total. The molecule has 3 aromatic rings. The van der Waals surface area contributed by atoms with Crippen LogP contribution in [0.2, 0.25) is 5.02 Å². The minimum Gasteiger partial charge on any atom is -0.459 e. The van der Waals surface area contributed by atoms with E-state index in [2.05, 4.69) is 5.32 Å². The zero-order valence-corrected chi connectivity index (χ0v) is 15.3. The van der Waals surface area contributed by atoms with Crippen molar-refractivity contribution in [3.05, 3.63) is 76.5 Å². The number of thiophene rings is 1. The lowest BCUT2D eigenvalue weighted by Gasteiger charge is -2.18. The van der Waals surface area contributed by atoms with Gasteiger partial charge in [-0.15, -0.1) is 11.3 Å². The van der Waals surface area contributed by atoms with Gasteiger partial charge in [0.2, 0.25) is 0 Å². The molecule has 1 N–H and O–H groups in total. The maximum Gasteiger partial charge on any atom is 0.287 e. The van der Waals surface area contributed by atoms with Gasteiger partial charge in [0.1, 0.15) is 9.46 Å². The molecule has 0 saturated carbocycles. The van der Waals surface area contributed by atoms with Crippen LogP contribution >= 0.6 is 22.9 Å². The Morgan fingerprint density at radius 2 is 1.92 bits per heavy atom. The van der Waals surface area contributed by atoms with E-state index < -0.39 is 21.0 Å². The minimum absolute atomic E-state index is 0.0819. The number of carbonyl (C=O) groups is 1. The van der Waals surface area contributed by atoms with E-state index in [0.29, 0.717) is 10.6 Å². The highest BCUT2D eigenvalue weighted by Crippen LogP contribution is 2.31. The summed E-state index contributed by atoms with van der Waals surface area (Å²) in [5.74, 6) is -0.339. The van der Waals surface area contributed by atoms with Gasteiger partial charge in [0.15, 0.2) is 15.6 Å². The number of hydrogen-bond acceptors (Lipinski definition) is 5. The number of amides is 1. The smallest absolute Gasteiger partial charge is 0.287 e. The molecule has 25 heavy (non-hydrogen) atoms. The van der Waals surface area contributed by atoms with Crippen LogP contribution < -0.4 is 5.32 Å². The summed E-state index contributed by atoms with van der Waals surface area (Å²) in [5.41, 5.74) is 0.553. The molecule has 0 aliphatic heterocycles. The van der Waals surface area contributed by atoms with E-state index in [1.54, 1.807) is 47.8 Å². The zero-order valence-electron chi connectivity index (χ0n) is 12.9. The molecular weight excluding hydrogens is 382 g/mol. The predicted octanol–water partition coefficient (Wildman–Crippen LogP) is 3.94. The van der Waals surface area contributed by atoms with Crippen LogP contribution in [0.5, 0.6) is 0 Å². The summed E-state index contributed by atoms with van der Waals surface area (Å²) in [7, 11) is -3.66. The maximum atomic E-state index is 13.0. The summed E-state index contributed by atoms with van der Waals surface area (Å²) in [6, 6.07) is 12.9. The van der Waals surface area contributed by atoms with E-state index in [1.165, 1.54) is 12.3 Å². The largest absolute Gasteiger partial charge is 0.459 e. The van der Waals surface area contributed by atoms with Gasteiger partial charge in [-0.25, -0.2) is 8.42 Å². The second kappa shape index (κ2) is 7.43. The van der Waals surface area contributed by atoms with Crippen LogP contribution in [0, 0.1) is 0 Å². The molecule has 2 heterocycles. The fourth-order valence-corrected chi connectivity index (χ4v) is 5.32. The van der Waals surface area contributed by atoms with Gasteiger partial charge in [0.05, 0.1) is 6.26 Å². The van der Waals surface area contributed by atoms with Gasteiger partial charge in [0.25, 0.3) is 5.91 Å². The molecule has 0 radical (unpaired) electrons. The predicted molar refractivity (Wildman–Crippen MR) is 96.7 cm³/mol. The molecule has 1 aromatic carbocycles. The van der Waals surface area contributed by atoms with Gasteiger partial charge in [-0.2, -0.15) is 0 Å². The molecule has 8 heteroatoms. The minimum atomic E-state index is -3.66. The third-order valence-corrected chi connectivity index (χ3v) is 7.37. The molecule has 0 aliphatic carbocycles. The normalized spacial score (nSPS) is 12.7. The average molecular weight is 396 g/mol. The molecular formula is C17H14ClNO4S2. The molecule has 1 amide bonds. The van der Waals surface area contributed by atoms with Crippen molar-refractivity contribution in [3.8, 4) is 0 Å². The Morgan fingerprint density at radius 1 is 1.16 bits per heavy atom. The molecule has 3 rings (SSSR count). The molecule has 0 bridgehead atoms. The van der Waals surface area contributed by atoms with Crippen LogP contribution in [0.3, 0.4) is 0 Å². The summed E-state index contributed by atoms with van der Waals surface area (Å²) < 4.78 is 31.2. The van der Waals surface area contributed by atoms with E-state index in [4.69, 9.17) is 16.0 Å². The molecule has 0 spiro atoms. The van der Waals surface area contributed by atoms with Crippen LogP contribution in [-0.2, 0) is 9.84 Å². The zero-order chi connectivity index (χ0) is 17.9. The van der Waals surface area contributed by atoms with Gasteiger partial charge in [0, 0.05) is 11.6 Å². The summed E-state index contributed by atoms with van der Waals surface area (Å²) >= 11 is 7.04. The van der Waals surface area contributed by atoms with Gasteiger partial charge >= 0.3 is 0 Å². The van der Waals surface area contributed by atoms with E-state index >= 15 is 0 Å². The molecule has 2 aromatic heterocycles. The lowest BCUT2D eigenvalue weighted by Crippen LogP contribution is -2.31. The highest BCUT2D eigenvalue weighted by molar-refractivity contribution is 7.93. The first-order valence-corrected chi connectivity index (χ1v) is 10.1. The van der Waals surface area contributed by atoms with Crippen LogP contribution in [0.1, 0.15) is 21.4 Å². The number of sulfone groups is 1. The Labute approximate surface area is 154 Å². The molecule has 0 aliphatic rings. The van der Waals surface area contributed by atoms with Crippen LogP contribution in [0.15, 0.2) is 68.8 Å². The fraction of sp³-hybridized carbons (Fsp3) is 0.118. The van der Waals surface area contributed by atoms with Gasteiger partial charge in [-0.3, -0.25) is 4.79 Å². The lowest BCUT2D eigenvalue weighted by molar-refractivity contribution is 0.0926. The van der Waals surface area contributed by atoms with Crippen molar-refractivity contribution in [1.29, 1.82) is 0 Å². The Bertz CT molecular complexity index is 933. The summed E-state index contributed by atoms with van der Waals surface area (Å²) in [5, 5.41) is 3.91. The first-order valence-electron chi connectivity index (χ1n) is 7.33. The van der Waals surface area contributed by atoms with Crippen molar-refractivity contribution in [2.45, 2.75) is 9.46 Å². The Balaban J connectivity index is 1.89. The second-order valence-corrected chi connectivity index (χ2v) is 8.95. The van der Waals surface area contributed by atoms with Crippen molar-refractivity contribution >= 4 is 38.7 Å². The Kier molecular flexibility index (Phi) is 5.27. The van der Waals surface area contributed by atoms with Gasteiger partial charge in [-0.1, -0.05) is 29.8 Å². The number of benzene rings is 1.